The van der Waals surface area contributed by atoms with Crippen molar-refractivity contribution in [3.63, 3.8) is 0 Å². The number of hydrogen-bond acceptors (Lipinski definition) is 4. The van der Waals surface area contributed by atoms with Gasteiger partial charge in [0.1, 0.15) is 0 Å². The van der Waals surface area contributed by atoms with E-state index in [4.69, 9.17) is 5.73 Å². The molecule has 1 aromatic heterocycles. The maximum absolute atomic E-state index is 12.3. The SMILES string of the molecule is CC(C)c1[nH]nc(C(=O)N2CCC[C@H](O)C2)c1N. The molecule has 0 bridgehead atoms. The summed E-state index contributed by atoms with van der Waals surface area (Å²) in [5, 5.41) is 16.4. The Kier molecular flexibility index (Phi) is 3.56. The molecule has 1 atom stereocenters. The number of β-amino-alcohol motifs (C(OH)–C–C–N with tert-alkyl or cyclic N) is 1. The van der Waals surface area contributed by atoms with Gasteiger partial charge in [0.15, 0.2) is 5.69 Å². The van der Waals surface area contributed by atoms with Crippen molar-refractivity contribution < 1.29 is 9.90 Å². The molecule has 1 fully saturated rings. The number of nitrogen functional groups attached to an aromatic ring is 1. The van der Waals surface area contributed by atoms with Gasteiger partial charge in [0.05, 0.1) is 17.5 Å². The smallest absolute Gasteiger partial charge is 0.276 e. The number of piperidine rings is 1. The van der Waals surface area contributed by atoms with E-state index in [0.29, 0.717) is 18.8 Å². The molecule has 0 spiro atoms. The van der Waals surface area contributed by atoms with Crippen LogP contribution in [0.5, 0.6) is 0 Å². The van der Waals surface area contributed by atoms with E-state index in [1.165, 1.54) is 0 Å². The van der Waals surface area contributed by atoms with Gasteiger partial charge >= 0.3 is 0 Å². The summed E-state index contributed by atoms with van der Waals surface area (Å²) in [7, 11) is 0. The molecule has 1 aliphatic rings. The second-order valence-corrected chi connectivity index (χ2v) is 5.10. The molecule has 0 aliphatic carbocycles. The summed E-state index contributed by atoms with van der Waals surface area (Å²) >= 11 is 0. The van der Waals surface area contributed by atoms with Crippen LogP contribution in [0, 0.1) is 0 Å². The monoisotopic (exact) mass is 252 g/mol. The molecule has 1 amide bonds. The Bertz CT molecular complexity index is 441. The Morgan fingerprint density at radius 3 is 2.89 bits per heavy atom. The number of nitrogens with one attached hydrogen (secondary N) is 1. The third-order valence-corrected chi connectivity index (χ3v) is 3.30. The maximum atomic E-state index is 12.3. The van der Waals surface area contributed by atoms with Gasteiger partial charge < -0.3 is 15.7 Å². The van der Waals surface area contributed by atoms with Gasteiger partial charge in [-0.3, -0.25) is 9.89 Å². The first-order valence-electron chi connectivity index (χ1n) is 6.31. The molecule has 2 heterocycles. The van der Waals surface area contributed by atoms with Crippen LogP contribution in [-0.2, 0) is 0 Å². The Labute approximate surface area is 106 Å². The van der Waals surface area contributed by atoms with E-state index in [1.54, 1.807) is 4.90 Å². The Morgan fingerprint density at radius 1 is 1.61 bits per heavy atom. The number of rotatable bonds is 2. The summed E-state index contributed by atoms with van der Waals surface area (Å²) in [6.45, 7) is 4.99. The highest BCUT2D eigenvalue weighted by Crippen LogP contribution is 2.24. The number of anilines is 1. The van der Waals surface area contributed by atoms with Gasteiger partial charge in [-0.2, -0.15) is 5.10 Å². The van der Waals surface area contributed by atoms with Gasteiger partial charge in [0.2, 0.25) is 0 Å². The van der Waals surface area contributed by atoms with Gasteiger partial charge in [-0.1, -0.05) is 13.8 Å². The highest BCUT2D eigenvalue weighted by molar-refractivity contribution is 5.97. The van der Waals surface area contributed by atoms with E-state index in [9.17, 15) is 9.90 Å². The zero-order chi connectivity index (χ0) is 13.3. The lowest BCUT2D eigenvalue weighted by molar-refractivity contribution is 0.0470. The van der Waals surface area contributed by atoms with Crippen LogP contribution in [0.4, 0.5) is 5.69 Å². The first-order valence-corrected chi connectivity index (χ1v) is 6.31. The molecule has 1 aliphatic heterocycles. The largest absolute Gasteiger partial charge is 0.395 e. The van der Waals surface area contributed by atoms with E-state index in [-0.39, 0.29) is 17.5 Å². The predicted octanol–water partition coefficient (Wildman–Crippen LogP) is 0.712. The van der Waals surface area contributed by atoms with Crippen LogP contribution in [0.25, 0.3) is 0 Å². The number of hydrogen-bond donors (Lipinski definition) is 3. The average molecular weight is 252 g/mol. The second kappa shape index (κ2) is 4.97. The van der Waals surface area contributed by atoms with E-state index in [1.807, 2.05) is 13.8 Å². The summed E-state index contributed by atoms with van der Waals surface area (Å²) in [6, 6.07) is 0. The van der Waals surface area contributed by atoms with Crippen molar-refractivity contribution in [1.29, 1.82) is 0 Å². The predicted molar refractivity (Wildman–Crippen MR) is 68.2 cm³/mol. The fourth-order valence-electron chi connectivity index (χ4n) is 2.26. The van der Waals surface area contributed by atoms with Crippen LogP contribution in [0.3, 0.4) is 0 Å². The van der Waals surface area contributed by atoms with Crippen molar-refractivity contribution >= 4 is 11.6 Å². The van der Waals surface area contributed by atoms with Crippen LogP contribution >= 0.6 is 0 Å². The molecule has 6 heteroatoms. The Morgan fingerprint density at radius 2 is 2.33 bits per heavy atom. The number of nitrogens with two attached hydrogens (primary N) is 1. The lowest BCUT2D eigenvalue weighted by atomic mass is 10.1. The fraction of sp³-hybridized carbons (Fsp3) is 0.667. The number of likely N-dealkylation sites (tertiary alicyclic amines) is 1. The van der Waals surface area contributed by atoms with Gasteiger partial charge in [0.25, 0.3) is 5.91 Å². The molecule has 100 valence electrons. The Balaban J connectivity index is 2.18. The van der Waals surface area contributed by atoms with Crippen LogP contribution in [0.15, 0.2) is 0 Å². The van der Waals surface area contributed by atoms with Crippen molar-refractivity contribution in [3.05, 3.63) is 11.4 Å². The normalized spacial score (nSPS) is 20.4. The quantitative estimate of drug-likeness (QED) is 0.722. The topological polar surface area (TPSA) is 95.2 Å². The number of aliphatic hydroxyl groups is 1. The molecule has 6 nitrogen and oxygen atoms in total. The van der Waals surface area contributed by atoms with Crippen molar-refractivity contribution in [3.8, 4) is 0 Å². The van der Waals surface area contributed by atoms with Crippen molar-refractivity contribution in [2.24, 2.45) is 0 Å². The van der Waals surface area contributed by atoms with Crippen molar-refractivity contribution in [1.82, 2.24) is 15.1 Å². The molecule has 2 rings (SSSR count). The fourth-order valence-corrected chi connectivity index (χ4v) is 2.26. The summed E-state index contributed by atoms with van der Waals surface area (Å²) < 4.78 is 0. The van der Waals surface area contributed by atoms with Gasteiger partial charge in [-0.15, -0.1) is 0 Å². The number of aliphatic hydroxyl groups excluding tert-OH is 1. The number of aromatic nitrogens is 2. The zero-order valence-corrected chi connectivity index (χ0v) is 10.8. The molecular weight excluding hydrogens is 232 g/mol. The lowest BCUT2D eigenvalue weighted by Gasteiger charge is -2.29. The standard InChI is InChI=1S/C12H20N4O2/c1-7(2)10-9(13)11(15-14-10)12(18)16-5-3-4-8(17)6-16/h7-8,17H,3-6,13H2,1-2H3,(H,14,15)/t8-/m0/s1. The minimum atomic E-state index is -0.438. The minimum Gasteiger partial charge on any atom is -0.395 e. The number of H-pyrrole nitrogens is 1. The van der Waals surface area contributed by atoms with E-state index in [2.05, 4.69) is 10.2 Å². The molecule has 0 saturated carbocycles. The lowest BCUT2D eigenvalue weighted by Crippen LogP contribution is -2.42. The van der Waals surface area contributed by atoms with Crippen LogP contribution < -0.4 is 5.73 Å². The summed E-state index contributed by atoms with van der Waals surface area (Å²) in [6.07, 6.45) is 1.12. The zero-order valence-electron chi connectivity index (χ0n) is 10.8. The molecule has 0 radical (unpaired) electrons. The first-order chi connectivity index (χ1) is 8.50. The number of amides is 1. The van der Waals surface area contributed by atoms with E-state index in [0.717, 1.165) is 18.5 Å². The van der Waals surface area contributed by atoms with E-state index >= 15 is 0 Å². The Hall–Kier alpha value is -1.56. The average Bonchev–Trinajstić information content (AvgIpc) is 2.70. The van der Waals surface area contributed by atoms with Gasteiger partial charge in [0, 0.05) is 13.1 Å². The summed E-state index contributed by atoms with van der Waals surface area (Å²) in [5.74, 6) is 0.000367. The van der Waals surface area contributed by atoms with Crippen LogP contribution in [-0.4, -0.2) is 45.3 Å². The second-order valence-electron chi connectivity index (χ2n) is 5.10. The summed E-state index contributed by atoms with van der Waals surface area (Å²) in [5.41, 5.74) is 7.43. The maximum Gasteiger partial charge on any atom is 0.276 e. The number of carbonyl (C=O) groups is 1. The molecule has 18 heavy (non-hydrogen) atoms. The third-order valence-electron chi connectivity index (χ3n) is 3.30. The van der Waals surface area contributed by atoms with Crippen LogP contribution in [0.1, 0.15) is 48.8 Å². The van der Waals surface area contributed by atoms with Gasteiger partial charge in [-0.25, -0.2) is 0 Å². The molecule has 0 unspecified atom stereocenters. The van der Waals surface area contributed by atoms with E-state index < -0.39 is 6.10 Å². The number of nitrogens with zero attached hydrogens (tertiary/aromatic N) is 2. The van der Waals surface area contributed by atoms with Crippen molar-refractivity contribution in [2.45, 2.75) is 38.7 Å². The molecule has 4 N–H and O–H groups in total. The molecule has 0 aromatic carbocycles. The molecule has 1 saturated heterocycles. The van der Waals surface area contributed by atoms with Crippen molar-refractivity contribution in [2.75, 3.05) is 18.8 Å². The number of aromatic amines is 1. The highest BCUT2D eigenvalue weighted by Gasteiger charge is 2.27. The minimum absolute atomic E-state index is 0.200. The number of carbonyl (C=O) groups excluding carboxylic acids is 1. The highest BCUT2D eigenvalue weighted by atomic mass is 16.3. The van der Waals surface area contributed by atoms with Gasteiger partial charge in [-0.05, 0) is 18.8 Å². The summed E-state index contributed by atoms with van der Waals surface area (Å²) in [4.78, 5) is 13.9. The van der Waals surface area contributed by atoms with Crippen LogP contribution in [0.2, 0.25) is 0 Å². The third kappa shape index (κ3) is 2.33. The molecular formula is C12H20N4O2. The first kappa shape index (κ1) is 12.9. The molecule has 1 aromatic rings.